The van der Waals surface area contributed by atoms with Crippen molar-refractivity contribution in [3.8, 4) is 0 Å². The van der Waals surface area contributed by atoms with E-state index in [1.54, 1.807) is 25.3 Å². The highest BCUT2D eigenvalue weighted by atomic mass is 16.5. The number of esters is 2. The van der Waals surface area contributed by atoms with E-state index >= 15 is 0 Å². The van der Waals surface area contributed by atoms with Crippen molar-refractivity contribution in [2.75, 3.05) is 13.2 Å². The molecule has 0 aliphatic heterocycles. The lowest BCUT2D eigenvalue weighted by Gasteiger charge is -2.01. The Morgan fingerprint density at radius 1 is 0.938 bits per heavy atom. The van der Waals surface area contributed by atoms with Crippen LogP contribution < -0.4 is 0 Å². The van der Waals surface area contributed by atoms with Crippen LogP contribution in [0.2, 0.25) is 0 Å². The summed E-state index contributed by atoms with van der Waals surface area (Å²) in [4.78, 5) is 23.8. The van der Waals surface area contributed by atoms with Gasteiger partial charge in [-0.3, -0.25) is 0 Å². The molecule has 0 aromatic carbocycles. The van der Waals surface area contributed by atoms with Crippen LogP contribution in [0.15, 0.2) is 36.6 Å². The van der Waals surface area contributed by atoms with Crippen molar-refractivity contribution >= 4 is 23.0 Å². The van der Waals surface area contributed by atoms with Crippen molar-refractivity contribution in [2.24, 2.45) is 0 Å². The van der Waals surface area contributed by atoms with E-state index in [2.05, 4.69) is 10.2 Å². The molecule has 168 valence electrons. The molecule has 0 unspecified atom stereocenters. The molecular formula is C24H28N4O4. The molecule has 0 saturated carbocycles. The summed E-state index contributed by atoms with van der Waals surface area (Å²) < 4.78 is 50.7. The van der Waals surface area contributed by atoms with Crippen LogP contribution in [0, 0.1) is 27.6 Å². The van der Waals surface area contributed by atoms with Gasteiger partial charge in [-0.1, -0.05) is 0 Å². The lowest BCUT2D eigenvalue weighted by molar-refractivity contribution is 0.0518. The van der Waals surface area contributed by atoms with Crippen LogP contribution in [-0.4, -0.2) is 44.4 Å². The maximum Gasteiger partial charge on any atom is 0.342 e. The Balaban J connectivity index is 0.000000213. The number of nitrogens with zero attached hydrogens (tertiary/aromatic N) is 4. The van der Waals surface area contributed by atoms with Gasteiger partial charge >= 0.3 is 11.9 Å². The third-order valence-electron chi connectivity index (χ3n) is 4.56. The minimum atomic E-state index is -2.61. The average molecular weight is 442 g/mol. The van der Waals surface area contributed by atoms with E-state index in [1.165, 1.54) is 6.07 Å². The molecule has 0 bridgehead atoms. The van der Waals surface area contributed by atoms with E-state index in [0.29, 0.717) is 23.4 Å². The predicted molar refractivity (Wildman–Crippen MR) is 121 cm³/mol. The van der Waals surface area contributed by atoms with Gasteiger partial charge in [-0.15, -0.1) is 0 Å². The monoisotopic (exact) mass is 441 g/mol. The Bertz CT molecular complexity index is 1490. The molecule has 0 amide bonds. The Kier molecular flexibility index (Phi) is 5.10. The smallest absolute Gasteiger partial charge is 0.342 e. The third-order valence-corrected chi connectivity index (χ3v) is 4.56. The number of hydrogen-bond acceptors (Lipinski definition) is 6. The zero-order valence-electron chi connectivity index (χ0n) is 23.6. The second-order valence-corrected chi connectivity index (χ2v) is 7.02. The molecule has 0 fully saturated rings. The standard InChI is InChI=1S/2C12H14N2O2/c2*1-4-16-12(15)11-9(3)13-14-6-5-8(2)7-10(11)14/h2*5-7H,4H2,1-3H3/i3D3,5D,6D;. The summed E-state index contributed by atoms with van der Waals surface area (Å²) in [5.41, 5.74) is 3.18. The Morgan fingerprint density at radius 2 is 1.50 bits per heavy atom. The van der Waals surface area contributed by atoms with Gasteiger partial charge in [0, 0.05) is 16.5 Å². The van der Waals surface area contributed by atoms with Gasteiger partial charge < -0.3 is 9.47 Å². The number of hydrogen-bond donors (Lipinski definition) is 0. The molecule has 0 saturated heterocycles. The summed E-state index contributed by atoms with van der Waals surface area (Å²) >= 11 is 0. The fourth-order valence-electron chi connectivity index (χ4n) is 3.16. The molecule has 0 atom stereocenters. The summed E-state index contributed by atoms with van der Waals surface area (Å²) in [6.45, 7) is 6.67. The van der Waals surface area contributed by atoms with E-state index < -0.39 is 18.5 Å². The molecular weight excluding hydrogens is 408 g/mol. The molecule has 8 nitrogen and oxygen atoms in total. The summed E-state index contributed by atoms with van der Waals surface area (Å²) in [6, 6.07) is 5.28. The number of aryl methyl sites for hydroxylation is 4. The van der Waals surface area contributed by atoms with Crippen molar-refractivity contribution in [1.29, 1.82) is 0 Å². The first-order chi connectivity index (χ1) is 17.3. The van der Waals surface area contributed by atoms with E-state index in [1.807, 2.05) is 32.2 Å². The largest absolute Gasteiger partial charge is 0.462 e. The van der Waals surface area contributed by atoms with Crippen LogP contribution in [0.4, 0.5) is 0 Å². The number of fused-ring (bicyclic) bond motifs is 2. The summed E-state index contributed by atoms with van der Waals surface area (Å²) in [5.74, 6) is -1.10. The lowest BCUT2D eigenvalue weighted by Crippen LogP contribution is -2.05. The molecule has 4 rings (SSSR count). The van der Waals surface area contributed by atoms with Gasteiger partial charge in [0.25, 0.3) is 0 Å². The van der Waals surface area contributed by atoms with Gasteiger partial charge in [-0.25, -0.2) is 18.6 Å². The van der Waals surface area contributed by atoms with Gasteiger partial charge in [-0.05, 0) is 76.8 Å². The van der Waals surface area contributed by atoms with Crippen LogP contribution in [0.1, 0.15) is 63.9 Å². The van der Waals surface area contributed by atoms with Crippen LogP contribution in [-0.2, 0) is 9.47 Å². The maximum atomic E-state index is 12.1. The molecule has 4 aromatic rings. The zero-order chi connectivity index (χ0) is 27.7. The third kappa shape index (κ3) is 4.64. The normalized spacial score (nSPS) is 13.3. The predicted octanol–water partition coefficient (Wildman–Crippen LogP) is 4.26. The van der Waals surface area contributed by atoms with Crippen LogP contribution >= 0.6 is 0 Å². The Morgan fingerprint density at radius 3 is 2.12 bits per heavy atom. The molecule has 4 aromatic heterocycles. The first-order valence-corrected chi connectivity index (χ1v) is 10.1. The van der Waals surface area contributed by atoms with E-state index in [0.717, 1.165) is 15.6 Å². The molecule has 4 heterocycles. The zero-order valence-corrected chi connectivity index (χ0v) is 18.6. The minimum Gasteiger partial charge on any atom is -0.462 e. The average Bonchev–Trinajstić information content (AvgIpc) is 3.35. The van der Waals surface area contributed by atoms with E-state index in [9.17, 15) is 9.59 Å². The highest BCUT2D eigenvalue weighted by Crippen LogP contribution is 2.18. The van der Waals surface area contributed by atoms with Crippen LogP contribution in [0.3, 0.4) is 0 Å². The Labute approximate surface area is 193 Å². The van der Waals surface area contributed by atoms with Gasteiger partial charge in [0.05, 0.1) is 38.4 Å². The number of carbonyl (C=O) groups excluding carboxylic acids is 2. The van der Waals surface area contributed by atoms with Crippen molar-refractivity contribution < 1.29 is 25.9 Å². The highest BCUT2D eigenvalue weighted by Gasteiger charge is 2.18. The number of rotatable bonds is 4. The number of ether oxygens (including phenoxy) is 2. The van der Waals surface area contributed by atoms with Gasteiger partial charge in [0.2, 0.25) is 0 Å². The van der Waals surface area contributed by atoms with E-state index in [-0.39, 0.29) is 35.9 Å². The fraction of sp³-hybridized carbons (Fsp3) is 0.333. The molecule has 0 N–H and O–H groups in total. The molecule has 32 heavy (non-hydrogen) atoms. The second-order valence-electron chi connectivity index (χ2n) is 7.02. The fourth-order valence-corrected chi connectivity index (χ4v) is 3.16. The first kappa shape index (κ1) is 16.9. The lowest BCUT2D eigenvalue weighted by atomic mass is 10.2. The van der Waals surface area contributed by atoms with Gasteiger partial charge in [0.1, 0.15) is 11.1 Å². The Hall–Kier alpha value is -3.68. The van der Waals surface area contributed by atoms with Gasteiger partial charge in [0.15, 0.2) is 0 Å². The topological polar surface area (TPSA) is 87.2 Å². The summed E-state index contributed by atoms with van der Waals surface area (Å²) in [5, 5.41) is 8.11. The summed E-state index contributed by atoms with van der Waals surface area (Å²) in [7, 11) is 0. The first-order valence-electron chi connectivity index (χ1n) is 12.6. The number of pyridine rings is 2. The van der Waals surface area contributed by atoms with Crippen molar-refractivity contribution in [3.05, 3.63) is 70.3 Å². The van der Waals surface area contributed by atoms with E-state index in [4.69, 9.17) is 16.3 Å². The number of aromatic nitrogens is 4. The molecule has 0 aliphatic carbocycles. The van der Waals surface area contributed by atoms with Crippen LogP contribution in [0.5, 0.6) is 0 Å². The molecule has 8 heteroatoms. The maximum absolute atomic E-state index is 12.1. The molecule has 0 radical (unpaired) electrons. The quantitative estimate of drug-likeness (QED) is 0.440. The van der Waals surface area contributed by atoms with Crippen molar-refractivity contribution in [3.63, 3.8) is 0 Å². The minimum absolute atomic E-state index is 0.0718. The molecule has 0 spiro atoms. The van der Waals surface area contributed by atoms with Crippen LogP contribution in [0.25, 0.3) is 11.0 Å². The SMILES string of the molecule is CCOC(=O)c1c(C)nn2ccc(C)cc12.[2H]c1c(C)cc2c(C(=O)OCC)c(C([2H])([2H])[2H])nn2c1[2H]. The number of carbonyl (C=O) groups is 2. The molecule has 0 aliphatic rings. The summed E-state index contributed by atoms with van der Waals surface area (Å²) in [6.07, 6.45) is 1.58. The van der Waals surface area contributed by atoms with Gasteiger partial charge in [-0.2, -0.15) is 10.2 Å². The van der Waals surface area contributed by atoms with Crippen molar-refractivity contribution in [2.45, 2.75) is 41.5 Å². The highest BCUT2D eigenvalue weighted by molar-refractivity contribution is 5.99. The second kappa shape index (κ2) is 9.64. The van der Waals surface area contributed by atoms with Crippen molar-refractivity contribution in [1.82, 2.24) is 19.2 Å².